The zero-order valence-electron chi connectivity index (χ0n) is 6.78. The third-order valence-electron chi connectivity index (χ3n) is 1.76. The van der Waals surface area contributed by atoms with Crippen molar-refractivity contribution in [2.24, 2.45) is 5.84 Å². The number of nitrogen functional groups attached to an aromatic ring is 1. The molecule has 0 aromatic carbocycles. The van der Waals surface area contributed by atoms with Gasteiger partial charge in [-0.2, -0.15) is 9.37 Å². The molecule has 1 aromatic heterocycles. The van der Waals surface area contributed by atoms with Crippen LogP contribution in [0.4, 0.5) is 14.6 Å². The molecular weight excluding hydrogens is 164 g/mol. The summed E-state index contributed by atoms with van der Waals surface area (Å²) in [7, 11) is 0. The van der Waals surface area contributed by atoms with Gasteiger partial charge in [0.25, 0.3) is 0 Å². The Kier molecular flexibility index (Phi) is 2.23. The molecule has 0 aliphatic heterocycles. The molecule has 66 valence electrons. The van der Waals surface area contributed by atoms with Crippen molar-refractivity contribution in [3.05, 3.63) is 22.9 Å². The molecule has 3 N–H and O–H groups in total. The monoisotopic (exact) mass is 173 g/mol. The summed E-state index contributed by atoms with van der Waals surface area (Å²) < 4.78 is 25.9. The van der Waals surface area contributed by atoms with Gasteiger partial charge in [-0.1, -0.05) is 0 Å². The summed E-state index contributed by atoms with van der Waals surface area (Å²) in [5.41, 5.74) is 2.40. The first-order valence-electron chi connectivity index (χ1n) is 3.36. The Morgan fingerprint density at radius 3 is 2.33 bits per heavy atom. The topological polar surface area (TPSA) is 50.9 Å². The average Bonchev–Trinajstić information content (AvgIpc) is 2.08. The van der Waals surface area contributed by atoms with E-state index in [9.17, 15) is 8.78 Å². The maximum atomic E-state index is 13.1. The van der Waals surface area contributed by atoms with E-state index in [4.69, 9.17) is 5.84 Å². The van der Waals surface area contributed by atoms with E-state index in [0.717, 1.165) is 0 Å². The summed E-state index contributed by atoms with van der Waals surface area (Å²) in [6, 6.07) is 0. The molecule has 0 saturated carbocycles. The number of hydrazine groups is 1. The minimum atomic E-state index is -0.707. The van der Waals surface area contributed by atoms with Crippen molar-refractivity contribution >= 4 is 5.82 Å². The Bertz CT molecular complexity index is 312. The number of pyridine rings is 1. The highest BCUT2D eigenvalue weighted by atomic mass is 19.1. The molecule has 0 spiro atoms. The zero-order valence-corrected chi connectivity index (χ0v) is 6.78. The lowest BCUT2D eigenvalue weighted by Gasteiger charge is -2.06. The summed E-state index contributed by atoms with van der Waals surface area (Å²) in [6.45, 7) is 2.93. The fraction of sp³-hybridized carbons (Fsp3) is 0.286. The fourth-order valence-corrected chi connectivity index (χ4v) is 0.824. The van der Waals surface area contributed by atoms with E-state index >= 15 is 0 Å². The lowest BCUT2D eigenvalue weighted by Crippen LogP contribution is -2.13. The van der Waals surface area contributed by atoms with Crippen molar-refractivity contribution in [2.45, 2.75) is 13.8 Å². The first kappa shape index (κ1) is 8.86. The molecule has 0 aliphatic carbocycles. The van der Waals surface area contributed by atoms with Gasteiger partial charge in [-0.05, 0) is 19.4 Å². The number of nitrogens with zero attached hydrogens (tertiary/aromatic N) is 1. The summed E-state index contributed by atoms with van der Waals surface area (Å²) in [4.78, 5) is 3.27. The zero-order chi connectivity index (χ0) is 9.30. The Labute approximate surface area is 68.6 Å². The number of nitrogens with one attached hydrogen (secondary N) is 1. The van der Waals surface area contributed by atoms with E-state index in [1.807, 2.05) is 5.43 Å². The third kappa shape index (κ3) is 1.23. The predicted octanol–water partition coefficient (Wildman–Crippen LogP) is 1.26. The number of nitrogens with two attached hydrogens (primary N) is 1. The summed E-state index contributed by atoms with van der Waals surface area (Å²) >= 11 is 0. The highest BCUT2D eigenvalue weighted by molar-refractivity contribution is 5.41. The summed E-state index contributed by atoms with van der Waals surface area (Å²) in [5, 5.41) is 0. The third-order valence-corrected chi connectivity index (χ3v) is 1.76. The standard InChI is InChI=1S/C7H9F2N3/c1-3-4(2)6(9)11-7(12-10)5(3)8/h10H2,1-2H3,(H,11,12). The molecule has 0 atom stereocenters. The Balaban J connectivity index is 3.39. The largest absolute Gasteiger partial charge is 0.306 e. The Hall–Kier alpha value is -1.23. The number of halogens is 2. The SMILES string of the molecule is Cc1c(F)nc(NN)c(F)c1C. The molecule has 0 aliphatic rings. The lowest BCUT2D eigenvalue weighted by molar-refractivity contribution is 0.549. The van der Waals surface area contributed by atoms with Crippen molar-refractivity contribution in [1.29, 1.82) is 0 Å². The van der Waals surface area contributed by atoms with Crippen LogP contribution in [-0.2, 0) is 0 Å². The molecule has 0 unspecified atom stereocenters. The molecule has 0 fully saturated rings. The normalized spacial score (nSPS) is 10.1. The molecule has 1 rings (SSSR count). The van der Waals surface area contributed by atoms with Crippen LogP contribution in [0.25, 0.3) is 0 Å². The molecular formula is C7H9F2N3. The summed E-state index contributed by atoms with van der Waals surface area (Å²) in [5.74, 6) is 3.33. The fourth-order valence-electron chi connectivity index (χ4n) is 0.824. The van der Waals surface area contributed by atoms with Gasteiger partial charge in [0.1, 0.15) is 0 Å². The molecule has 0 bridgehead atoms. The number of anilines is 1. The van der Waals surface area contributed by atoms with Crippen LogP contribution in [0.2, 0.25) is 0 Å². The molecule has 3 nitrogen and oxygen atoms in total. The van der Waals surface area contributed by atoms with Crippen molar-refractivity contribution in [3.63, 3.8) is 0 Å². The van der Waals surface area contributed by atoms with Crippen molar-refractivity contribution in [1.82, 2.24) is 4.98 Å². The van der Waals surface area contributed by atoms with Crippen LogP contribution in [-0.4, -0.2) is 4.98 Å². The molecule has 1 heterocycles. The van der Waals surface area contributed by atoms with E-state index in [1.54, 1.807) is 0 Å². The van der Waals surface area contributed by atoms with Gasteiger partial charge < -0.3 is 5.43 Å². The second-order valence-corrected chi connectivity index (χ2v) is 2.46. The molecule has 0 saturated heterocycles. The van der Waals surface area contributed by atoms with Crippen LogP contribution < -0.4 is 11.3 Å². The molecule has 5 heteroatoms. The smallest absolute Gasteiger partial charge is 0.218 e. The summed E-state index contributed by atoms with van der Waals surface area (Å²) in [6.07, 6.45) is 0. The van der Waals surface area contributed by atoms with Gasteiger partial charge in [0.15, 0.2) is 11.6 Å². The van der Waals surface area contributed by atoms with Gasteiger partial charge in [-0.25, -0.2) is 10.2 Å². The van der Waals surface area contributed by atoms with Crippen molar-refractivity contribution in [3.8, 4) is 0 Å². The molecule has 0 amide bonds. The highest BCUT2D eigenvalue weighted by Gasteiger charge is 2.12. The van der Waals surface area contributed by atoms with Gasteiger partial charge >= 0.3 is 0 Å². The van der Waals surface area contributed by atoms with Gasteiger partial charge in [-0.3, -0.25) is 0 Å². The van der Waals surface area contributed by atoms with Crippen LogP contribution in [0.1, 0.15) is 11.1 Å². The molecule has 12 heavy (non-hydrogen) atoms. The van der Waals surface area contributed by atoms with Crippen LogP contribution >= 0.6 is 0 Å². The van der Waals surface area contributed by atoms with Crippen LogP contribution in [0, 0.1) is 25.6 Å². The van der Waals surface area contributed by atoms with Gasteiger partial charge in [0, 0.05) is 5.56 Å². The first-order valence-corrected chi connectivity index (χ1v) is 3.36. The second kappa shape index (κ2) is 3.02. The van der Waals surface area contributed by atoms with Gasteiger partial charge in [0.05, 0.1) is 0 Å². The Morgan fingerprint density at radius 2 is 1.83 bits per heavy atom. The van der Waals surface area contributed by atoms with E-state index in [-0.39, 0.29) is 16.9 Å². The average molecular weight is 173 g/mol. The van der Waals surface area contributed by atoms with Crippen LogP contribution in [0.5, 0.6) is 0 Å². The maximum Gasteiger partial charge on any atom is 0.218 e. The van der Waals surface area contributed by atoms with Gasteiger partial charge in [-0.15, -0.1) is 0 Å². The first-order chi connectivity index (χ1) is 5.57. The van der Waals surface area contributed by atoms with E-state index in [2.05, 4.69) is 4.98 Å². The van der Waals surface area contributed by atoms with Crippen molar-refractivity contribution < 1.29 is 8.78 Å². The van der Waals surface area contributed by atoms with E-state index in [0.29, 0.717) is 0 Å². The number of hydrogen-bond donors (Lipinski definition) is 2. The van der Waals surface area contributed by atoms with Crippen LogP contribution in [0.3, 0.4) is 0 Å². The lowest BCUT2D eigenvalue weighted by atomic mass is 10.1. The minimum Gasteiger partial charge on any atom is -0.306 e. The van der Waals surface area contributed by atoms with Gasteiger partial charge in [0.2, 0.25) is 5.95 Å². The molecule has 1 aromatic rings. The van der Waals surface area contributed by atoms with Crippen LogP contribution in [0.15, 0.2) is 0 Å². The number of hydrogen-bond acceptors (Lipinski definition) is 3. The second-order valence-electron chi connectivity index (χ2n) is 2.46. The Morgan fingerprint density at radius 1 is 1.25 bits per heavy atom. The highest BCUT2D eigenvalue weighted by Crippen LogP contribution is 2.19. The molecule has 0 radical (unpaired) electrons. The van der Waals surface area contributed by atoms with E-state index < -0.39 is 11.8 Å². The number of aromatic nitrogens is 1. The maximum absolute atomic E-state index is 13.1. The van der Waals surface area contributed by atoms with Crippen molar-refractivity contribution in [2.75, 3.05) is 5.43 Å². The minimum absolute atomic E-state index is 0.200. The predicted molar refractivity (Wildman–Crippen MR) is 41.4 cm³/mol. The number of rotatable bonds is 1. The quantitative estimate of drug-likeness (QED) is 0.382. The van der Waals surface area contributed by atoms with E-state index in [1.165, 1.54) is 13.8 Å².